The zero-order valence-corrected chi connectivity index (χ0v) is 17.3. The quantitative estimate of drug-likeness (QED) is 0.447. The SMILES string of the molecule is Cc1sc(NC(=O)c2cc(Br)c(Br)s2)nc1-c1cccc(Cl)c1. The van der Waals surface area contributed by atoms with E-state index in [2.05, 4.69) is 42.2 Å². The molecule has 0 atom stereocenters. The van der Waals surface area contributed by atoms with Crippen molar-refractivity contribution in [1.82, 2.24) is 4.98 Å². The maximum atomic E-state index is 12.3. The van der Waals surface area contributed by atoms with Crippen LogP contribution >= 0.6 is 66.1 Å². The maximum absolute atomic E-state index is 12.3. The monoisotopic (exact) mass is 490 g/mol. The van der Waals surface area contributed by atoms with Gasteiger partial charge in [0.2, 0.25) is 0 Å². The van der Waals surface area contributed by atoms with E-state index in [1.54, 1.807) is 6.07 Å². The largest absolute Gasteiger partial charge is 0.297 e. The average Bonchev–Trinajstić information content (AvgIpc) is 3.02. The van der Waals surface area contributed by atoms with Crippen LogP contribution in [0, 0.1) is 6.92 Å². The molecule has 0 bridgehead atoms. The first-order valence-corrected chi connectivity index (χ1v) is 10.0. The molecule has 0 aliphatic carbocycles. The molecule has 1 amide bonds. The molecular formula is C15H9Br2ClN2OS2. The van der Waals surface area contributed by atoms with E-state index >= 15 is 0 Å². The highest BCUT2D eigenvalue weighted by Crippen LogP contribution is 2.34. The van der Waals surface area contributed by atoms with Gasteiger partial charge in [0, 0.05) is 19.9 Å². The van der Waals surface area contributed by atoms with Gasteiger partial charge in [-0.2, -0.15) is 0 Å². The Morgan fingerprint density at radius 2 is 2.04 bits per heavy atom. The van der Waals surface area contributed by atoms with E-state index in [0.29, 0.717) is 15.0 Å². The molecular weight excluding hydrogens is 484 g/mol. The van der Waals surface area contributed by atoms with Crippen LogP contribution < -0.4 is 5.32 Å². The van der Waals surface area contributed by atoms with Crippen LogP contribution in [0.2, 0.25) is 5.02 Å². The summed E-state index contributed by atoms with van der Waals surface area (Å²) in [7, 11) is 0. The third-order valence-electron chi connectivity index (χ3n) is 2.98. The van der Waals surface area contributed by atoms with Gasteiger partial charge in [0.05, 0.1) is 14.4 Å². The average molecular weight is 493 g/mol. The van der Waals surface area contributed by atoms with Crippen molar-refractivity contribution in [2.45, 2.75) is 6.92 Å². The summed E-state index contributed by atoms with van der Waals surface area (Å²) in [6.45, 7) is 1.97. The van der Waals surface area contributed by atoms with E-state index in [1.165, 1.54) is 22.7 Å². The lowest BCUT2D eigenvalue weighted by Gasteiger charge is -1.99. The van der Waals surface area contributed by atoms with E-state index in [4.69, 9.17) is 11.6 Å². The second-order valence-corrected chi connectivity index (χ2v) is 9.48. The predicted molar refractivity (Wildman–Crippen MR) is 105 cm³/mol. The topological polar surface area (TPSA) is 42.0 Å². The number of nitrogens with zero attached hydrogens (tertiary/aromatic N) is 1. The first-order chi connectivity index (χ1) is 10.9. The molecule has 2 heterocycles. The van der Waals surface area contributed by atoms with Crippen LogP contribution in [0.25, 0.3) is 11.3 Å². The molecule has 23 heavy (non-hydrogen) atoms. The molecule has 0 fully saturated rings. The third kappa shape index (κ3) is 3.85. The van der Waals surface area contributed by atoms with Crippen LogP contribution in [0.15, 0.2) is 38.6 Å². The Hall–Kier alpha value is -0.730. The van der Waals surface area contributed by atoms with Crippen LogP contribution in [-0.4, -0.2) is 10.9 Å². The molecule has 0 aliphatic rings. The Bertz CT molecular complexity index is 872. The number of nitrogens with one attached hydrogen (secondary N) is 1. The number of halogens is 3. The van der Waals surface area contributed by atoms with Crippen LogP contribution in [0.5, 0.6) is 0 Å². The number of hydrogen-bond donors (Lipinski definition) is 1. The summed E-state index contributed by atoms with van der Waals surface area (Å²) < 4.78 is 1.75. The highest BCUT2D eigenvalue weighted by atomic mass is 79.9. The molecule has 0 saturated carbocycles. The summed E-state index contributed by atoms with van der Waals surface area (Å²) >= 11 is 15.6. The fourth-order valence-corrected chi connectivity index (χ4v) is 4.92. The minimum atomic E-state index is -0.173. The highest BCUT2D eigenvalue weighted by Gasteiger charge is 2.16. The van der Waals surface area contributed by atoms with Crippen molar-refractivity contribution < 1.29 is 4.79 Å². The second-order valence-electron chi connectivity index (χ2n) is 4.62. The molecule has 2 aromatic heterocycles. The number of hydrogen-bond acceptors (Lipinski definition) is 4. The number of thiophene rings is 1. The number of thiazole rings is 1. The Morgan fingerprint density at radius 1 is 1.26 bits per heavy atom. The van der Waals surface area contributed by atoms with Gasteiger partial charge >= 0.3 is 0 Å². The lowest BCUT2D eigenvalue weighted by atomic mass is 10.1. The Kier molecular flexibility index (Phi) is 5.22. The molecule has 3 nitrogen and oxygen atoms in total. The van der Waals surface area contributed by atoms with E-state index in [1.807, 2.05) is 31.2 Å². The van der Waals surface area contributed by atoms with E-state index in [-0.39, 0.29) is 5.91 Å². The van der Waals surface area contributed by atoms with Crippen molar-refractivity contribution >= 4 is 77.2 Å². The van der Waals surface area contributed by atoms with Crippen molar-refractivity contribution in [3.05, 3.63) is 53.4 Å². The number of carbonyl (C=O) groups is 1. The van der Waals surface area contributed by atoms with E-state index in [9.17, 15) is 4.79 Å². The molecule has 0 unspecified atom stereocenters. The van der Waals surface area contributed by atoms with Crippen molar-refractivity contribution in [3.8, 4) is 11.3 Å². The number of aryl methyl sites for hydroxylation is 1. The minimum absolute atomic E-state index is 0.173. The normalized spacial score (nSPS) is 10.8. The van der Waals surface area contributed by atoms with Crippen molar-refractivity contribution in [1.29, 1.82) is 0 Å². The Labute approximate surface area is 163 Å². The van der Waals surface area contributed by atoms with Crippen LogP contribution in [0.3, 0.4) is 0 Å². The van der Waals surface area contributed by atoms with E-state index < -0.39 is 0 Å². The lowest BCUT2D eigenvalue weighted by molar-refractivity contribution is 0.103. The van der Waals surface area contributed by atoms with Gasteiger partial charge in [-0.1, -0.05) is 23.7 Å². The molecule has 0 radical (unpaired) electrons. The molecule has 0 aliphatic heterocycles. The number of carbonyl (C=O) groups excluding carboxylic acids is 1. The zero-order chi connectivity index (χ0) is 16.6. The van der Waals surface area contributed by atoms with Gasteiger partial charge < -0.3 is 0 Å². The van der Waals surface area contributed by atoms with Gasteiger partial charge in [-0.15, -0.1) is 22.7 Å². The number of amides is 1. The summed E-state index contributed by atoms with van der Waals surface area (Å²) in [5.41, 5.74) is 1.77. The molecule has 1 N–H and O–H groups in total. The molecule has 118 valence electrons. The smallest absolute Gasteiger partial charge is 0.267 e. The summed E-state index contributed by atoms with van der Waals surface area (Å²) in [4.78, 5) is 18.5. The van der Waals surface area contributed by atoms with Crippen molar-refractivity contribution in [2.24, 2.45) is 0 Å². The maximum Gasteiger partial charge on any atom is 0.267 e. The number of rotatable bonds is 3. The van der Waals surface area contributed by atoms with E-state index in [0.717, 1.165) is 24.4 Å². The second kappa shape index (κ2) is 7.03. The summed E-state index contributed by atoms with van der Waals surface area (Å²) in [6, 6.07) is 9.30. The lowest BCUT2D eigenvalue weighted by Crippen LogP contribution is -2.09. The number of anilines is 1. The van der Waals surface area contributed by atoms with Crippen LogP contribution in [0.1, 0.15) is 14.5 Å². The van der Waals surface area contributed by atoms with Gasteiger partial charge in [-0.05, 0) is 57.0 Å². The Morgan fingerprint density at radius 3 is 2.70 bits per heavy atom. The van der Waals surface area contributed by atoms with Gasteiger partial charge in [-0.25, -0.2) is 4.98 Å². The predicted octanol–water partition coefficient (Wildman–Crippen LogP) is 6.61. The summed E-state index contributed by atoms with van der Waals surface area (Å²) in [5, 5.41) is 4.08. The number of aromatic nitrogens is 1. The summed E-state index contributed by atoms with van der Waals surface area (Å²) in [5.74, 6) is -0.173. The van der Waals surface area contributed by atoms with Crippen molar-refractivity contribution in [2.75, 3.05) is 5.32 Å². The molecule has 0 saturated heterocycles. The molecule has 8 heteroatoms. The standard InChI is InChI=1S/C15H9Br2ClN2OS2/c1-7-12(8-3-2-4-9(18)5-8)19-15(22-7)20-14(21)11-6-10(16)13(17)23-11/h2-6H,1H3,(H,19,20,21). The van der Waals surface area contributed by atoms with Crippen molar-refractivity contribution in [3.63, 3.8) is 0 Å². The molecule has 1 aromatic carbocycles. The van der Waals surface area contributed by atoms with Gasteiger partial charge in [0.25, 0.3) is 5.91 Å². The fourth-order valence-electron chi connectivity index (χ4n) is 1.97. The van der Waals surface area contributed by atoms with Crippen LogP contribution in [-0.2, 0) is 0 Å². The third-order valence-corrected chi connectivity index (χ3v) is 7.36. The molecule has 3 rings (SSSR count). The minimum Gasteiger partial charge on any atom is -0.297 e. The fraction of sp³-hybridized carbons (Fsp3) is 0.0667. The van der Waals surface area contributed by atoms with Gasteiger partial charge in [0.15, 0.2) is 5.13 Å². The molecule has 3 aromatic rings. The Balaban J connectivity index is 1.85. The first-order valence-electron chi connectivity index (χ1n) is 6.43. The van der Waals surface area contributed by atoms with Gasteiger partial charge in [-0.3, -0.25) is 10.1 Å². The van der Waals surface area contributed by atoms with Gasteiger partial charge in [0.1, 0.15) is 0 Å². The number of benzene rings is 1. The highest BCUT2D eigenvalue weighted by molar-refractivity contribution is 9.13. The molecule has 0 spiro atoms. The first kappa shape index (κ1) is 17.1. The summed E-state index contributed by atoms with van der Waals surface area (Å²) in [6.07, 6.45) is 0. The van der Waals surface area contributed by atoms with Crippen LogP contribution in [0.4, 0.5) is 5.13 Å². The zero-order valence-electron chi connectivity index (χ0n) is 11.7.